The van der Waals surface area contributed by atoms with Crippen molar-refractivity contribution in [2.45, 2.75) is 39.4 Å². The number of aryl methyl sites for hydroxylation is 1. The number of benzene rings is 1. The van der Waals surface area contributed by atoms with Gasteiger partial charge >= 0.3 is 0 Å². The van der Waals surface area contributed by atoms with Gasteiger partial charge in [-0.2, -0.15) is 5.10 Å². The van der Waals surface area contributed by atoms with Crippen LogP contribution in [0.1, 0.15) is 23.6 Å². The van der Waals surface area contributed by atoms with Gasteiger partial charge in [-0.05, 0) is 49.2 Å². The van der Waals surface area contributed by atoms with Crippen LogP contribution in [0.15, 0.2) is 30.7 Å². The summed E-state index contributed by atoms with van der Waals surface area (Å²) in [5.41, 5.74) is 11.8. The number of aromatic nitrogens is 4. The molecular formula is C22H25N7O. The van der Waals surface area contributed by atoms with Crippen molar-refractivity contribution in [2.24, 2.45) is 0 Å². The number of nitrogens with zero attached hydrogens (tertiary/aromatic N) is 6. The third-order valence-electron chi connectivity index (χ3n) is 5.31. The molecule has 2 N–H and O–H groups in total. The summed E-state index contributed by atoms with van der Waals surface area (Å²) >= 11 is 0. The standard InChI is InChI=1S/C22H25N7O/c1-14-7-16(8-17-12-28(4)6-5-19(14)17)20-10-25-21(23)22(27-20)30-18-9-26-29(13-18)11-15(2)24-3/h7-10,13,15H,5-6,11-12H2,1-2,4H3,(H2,23,25). The Labute approximate surface area is 176 Å². The van der Waals surface area contributed by atoms with Gasteiger partial charge in [0.15, 0.2) is 11.6 Å². The van der Waals surface area contributed by atoms with E-state index in [9.17, 15) is 0 Å². The highest BCUT2D eigenvalue weighted by atomic mass is 16.5. The number of anilines is 1. The second-order valence-corrected chi connectivity index (χ2v) is 7.84. The van der Waals surface area contributed by atoms with Gasteiger partial charge in [0.1, 0.15) is 6.54 Å². The van der Waals surface area contributed by atoms with Crippen molar-refractivity contribution in [3.63, 3.8) is 0 Å². The smallest absolute Gasteiger partial charge is 0.263 e. The molecular weight excluding hydrogens is 378 g/mol. The van der Waals surface area contributed by atoms with E-state index in [4.69, 9.17) is 17.0 Å². The number of rotatable bonds is 5. The Balaban J connectivity index is 1.61. The molecule has 4 rings (SSSR count). The minimum Gasteiger partial charge on any atom is -0.433 e. The number of likely N-dealkylation sites (N-methyl/N-ethyl adjacent to an activating group) is 1. The predicted molar refractivity (Wildman–Crippen MR) is 115 cm³/mol. The molecule has 3 aromatic rings. The summed E-state index contributed by atoms with van der Waals surface area (Å²) in [4.78, 5) is 14.7. The van der Waals surface area contributed by atoms with Crippen LogP contribution in [0.25, 0.3) is 16.1 Å². The van der Waals surface area contributed by atoms with E-state index in [1.165, 1.54) is 16.7 Å². The summed E-state index contributed by atoms with van der Waals surface area (Å²) in [5.74, 6) is 0.974. The average Bonchev–Trinajstić information content (AvgIpc) is 3.15. The van der Waals surface area contributed by atoms with E-state index in [1.54, 1.807) is 23.3 Å². The Kier molecular flexibility index (Phi) is 5.38. The van der Waals surface area contributed by atoms with Crippen LogP contribution in [-0.4, -0.2) is 44.3 Å². The maximum absolute atomic E-state index is 7.08. The van der Waals surface area contributed by atoms with Crippen LogP contribution in [0.5, 0.6) is 11.6 Å². The molecule has 154 valence electrons. The molecule has 0 saturated heterocycles. The lowest BCUT2D eigenvalue weighted by atomic mass is 9.92. The van der Waals surface area contributed by atoms with Crippen molar-refractivity contribution in [1.29, 1.82) is 0 Å². The third kappa shape index (κ3) is 4.11. The maximum atomic E-state index is 7.08. The SMILES string of the molecule is [C-]#[N+]C(C)Cn1cc(Oc2nc(-c3cc(C)c4c(c3)CN(C)CC4)cnc2N)cn1. The molecule has 0 radical (unpaired) electrons. The fourth-order valence-corrected chi connectivity index (χ4v) is 3.73. The molecule has 0 aliphatic carbocycles. The quantitative estimate of drug-likeness (QED) is 0.658. The van der Waals surface area contributed by atoms with Crippen molar-refractivity contribution >= 4 is 5.82 Å². The molecule has 8 heteroatoms. The molecule has 0 saturated carbocycles. The fraction of sp³-hybridized carbons (Fsp3) is 0.364. The molecule has 0 fully saturated rings. The van der Waals surface area contributed by atoms with Crippen LogP contribution in [0.2, 0.25) is 0 Å². The van der Waals surface area contributed by atoms with Gasteiger partial charge in [0.05, 0.1) is 24.3 Å². The summed E-state index contributed by atoms with van der Waals surface area (Å²) in [6.45, 7) is 13.6. The molecule has 0 spiro atoms. The number of nitrogens with two attached hydrogens (primary N) is 1. The zero-order valence-corrected chi connectivity index (χ0v) is 17.5. The monoisotopic (exact) mass is 403 g/mol. The van der Waals surface area contributed by atoms with Crippen LogP contribution in [-0.2, 0) is 19.5 Å². The van der Waals surface area contributed by atoms with Crippen LogP contribution < -0.4 is 10.5 Å². The van der Waals surface area contributed by atoms with E-state index in [-0.39, 0.29) is 17.7 Å². The van der Waals surface area contributed by atoms with Crippen molar-refractivity contribution in [3.8, 4) is 22.9 Å². The Morgan fingerprint density at radius 1 is 1.33 bits per heavy atom. The Morgan fingerprint density at radius 2 is 2.17 bits per heavy atom. The van der Waals surface area contributed by atoms with Crippen molar-refractivity contribution in [3.05, 3.63) is 58.8 Å². The van der Waals surface area contributed by atoms with E-state index in [0.717, 1.165) is 25.1 Å². The molecule has 1 aliphatic rings. The Hall–Kier alpha value is -3.44. The van der Waals surface area contributed by atoms with Crippen molar-refractivity contribution in [1.82, 2.24) is 24.6 Å². The van der Waals surface area contributed by atoms with Gasteiger partial charge in [0, 0.05) is 25.6 Å². The minimum atomic E-state index is -0.155. The minimum absolute atomic E-state index is 0.155. The number of nitrogen functional groups attached to an aromatic ring is 1. The highest BCUT2D eigenvalue weighted by Gasteiger charge is 2.18. The Bertz CT molecular complexity index is 1120. The summed E-state index contributed by atoms with van der Waals surface area (Å²) < 4.78 is 7.53. The lowest BCUT2D eigenvalue weighted by Gasteiger charge is -2.27. The molecule has 8 nitrogen and oxygen atoms in total. The van der Waals surface area contributed by atoms with Gasteiger partial charge in [-0.15, -0.1) is 0 Å². The van der Waals surface area contributed by atoms with Gasteiger partial charge < -0.3 is 20.2 Å². The zero-order valence-electron chi connectivity index (χ0n) is 17.5. The molecule has 1 aliphatic heterocycles. The summed E-state index contributed by atoms with van der Waals surface area (Å²) in [7, 11) is 2.14. The van der Waals surface area contributed by atoms with E-state index in [0.29, 0.717) is 18.0 Å². The summed E-state index contributed by atoms with van der Waals surface area (Å²) in [5, 5.41) is 4.23. The molecule has 1 atom stereocenters. The fourth-order valence-electron chi connectivity index (χ4n) is 3.73. The second kappa shape index (κ2) is 8.13. The molecule has 3 heterocycles. The second-order valence-electron chi connectivity index (χ2n) is 7.84. The summed E-state index contributed by atoms with van der Waals surface area (Å²) in [6.07, 6.45) is 6.06. The lowest BCUT2D eigenvalue weighted by molar-refractivity contribution is 0.312. The van der Waals surface area contributed by atoms with E-state index in [2.05, 4.69) is 50.9 Å². The Morgan fingerprint density at radius 3 is 2.97 bits per heavy atom. The third-order valence-corrected chi connectivity index (χ3v) is 5.31. The average molecular weight is 403 g/mol. The summed E-state index contributed by atoms with van der Waals surface area (Å²) in [6, 6.07) is 4.18. The highest BCUT2D eigenvalue weighted by Crippen LogP contribution is 2.31. The molecule has 1 unspecified atom stereocenters. The van der Waals surface area contributed by atoms with Gasteiger partial charge in [-0.3, -0.25) is 4.68 Å². The van der Waals surface area contributed by atoms with E-state index < -0.39 is 0 Å². The molecule has 30 heavy (non-hydrogen) atoms. The predicted octanol–water partition coefficient (Wildman–Crippen LogP) is 3.32. The largest absolute Gasteiger partial charge is 0.433 e. The van der Waals surface area contributed by atoms with Gasteiger partial charge in [-0.1, -0.05) is 0 Å². The van der Waals surface area contributed by atoms with Crippen molar-refractivity contribution < 1.29 is 4.74 Å². The topological polar surface area (TPSA) is 86.5 Å². The number of fused-ring (bicyclic) bond motifs is 1. The van der Waals surface area contributed by atoms with E-state index >= 15 is 0 Å². The molecule has 0 bridgehead atoms. The molecule has 1 aromatic carbocycles. The zero-order chi connectivity index (χ0) is 21.3. The van der Waals surface area contributed by atoms with Crippen LogP contribution in [0.3, 0.4) is 0 Å². The highest BCUT2D eigenvalue weighted by molar-refractivity contribution is 5.64. The number of ether oxygens (including phenoxy) is 1. The normalized spacial score (nSPS) is 14.7. The maximum Gasteiger partial charge on any atom is 0.263 e. The first-order valence-corrected chi connectivity index (χ1v) is 9.93. The number of hydrogen-bond acceptors (Lipinski definition) is 6. The van der Waals surface area contributed by atoms with Gasteiger partial charge in [-0.25, -0.2) is 16.5 Å². The lowest BCUT2D eigenvalue weighted by Crippen LogP contribution is -2.27. The first-order valence-electron chi connectivity index (χ1n) is 9.93. The van der Waals surface area contributed by atoms with E-state index in [1.807, 2.05) is 6.92 Å². The van der Waals surface area contributed by atoms with Crippen molar-refractivity contribution in [2.75, 3.05) is 19.3 Å². The first kappa shape index (κ1) is 19.9. The first-order chi connectivity index (χ1) is 14.4. The van der Waals surface area contributed by atoms with Crippen LogP contribution in [0.4, 0.5) is 5.82 Å². The van der Waals surface area contributed by atoms with Gasteiger partial charge in [0.2, 0.25) is 6.04 Å². The molecule has 2 aromatic heterocycles. The van der Waals surface area contributed by atoms with Crippen LogP contribution in [0, 0.1) is 13.5 Å². The molecule has 0 amide bonds. The number of hydrogen-bond donors (Lipinski definition) is 1. The van der Waals surface area contributed by atoms with Crippen LogP contribution >= 0.6 is 0 Å². The van der Waals surface area contributed by atoms with Gasteiger partial charge in [0.25, 0.3) is 5.88 Å².